The van der Waals surface area contributed by atoms with E-state index >= 15 is 0 Å². The normalized spacial score (nSPS) is 10.6. The van der Waals surface area contributed by atoms with E-state index in [9.17, 15) is 9.18 Å². The van der Waals surface area contributed by atoms with Crippen LogP contribution in [0.2, 0.25) is 5.02 Å². The molecule has 4 nitrogen and oxygen atoms in total. The number of rotatable bonds is 4. The van der Waals surface area contributed by atoms with Crippen molar-refractivity contribution in [3.05, 3.63) is 70.1 Å². The lowest BCUT2D eigenvalue weighted by atomic mass is 10.1. The van der Waals surface area contributed by atoms with Crippen molar-refractivity contribution in [1.82, 2.24) is 9.88 Å². The van der Waals surface area contributed by atoms with Crippen LogP contribution >= 0.6 is 11.6 Å². The van der Waals surface area contributed by atoms with Gasteiger partial charge in [-0.3, -0.25) is 4.79 Å². The van der Waals surface area contributed by atoms with E-state index in [-0.39, 0.29) is 18.0 Å². The van der Waals surface area contributed by atoms with E-state index in [1.807, 2.05) is 37.3 Å². The van der Waals surface area contributed by atoms with Gasteiger partial charge in [-0.15, -0.1) is 0 Å². The van der Waals surface area contributed by atoms with Crippen LogP contribution in [0.4, 0.5) is 4.39 Å². The summed E-state index contributed by atoms with van der Waals surface area (Å²) in [4.78, 5) is 17.4. The number of halogens is 2. The molecule has 1 amide bonds. The first-order valence-corrected chi connectivity index (χ1v) is 8.17. The summed E-state index contributed by atoms with van der Waals surface area (Å²) in [5.41, 5.74) is 1.66. The lowest BCUT2D eigenvalue weighted by Gasteiger charge is -2.21. The number of benzene rings is 2. The van der Waals surface area contributed by atoms with Crippen LogP contribution in [-0.4, -0.2) is 22.3 Å². The average molecular weight is 356 g/mol. The minimum absolute atomic E-state index is 0.0958. The fourth-order valence-electron chi connectivity index (χ4n) is 2.69. The maximum Gasteiger partial charge on any atom is 0.272 e. The number of H-pyrrole nitrogens is 1. The van der Waals surface area contributed by atoms with Gasteiger partial charge in [0, 0.05) is 29.6 Å². The first-order valence-electron chi connectivity index (χ1n) is 7.79. The number of nitriles is 1. The van der Waals surface area contributed by atoms with Gasteiger partial charge in [0.2, 0.25) is 0 Å². The number of carbonyl (C=O) groups is 1. The zero-order valence-corrected chi connectivity index (χ0v) is 14.3. The molecule has 3 aromatic rings. The fraction of sp³-hybridized carbons (Fsp3) is 0.158. The molecule has 0 atom stereocenters. The number of hydrogen-bond donors (Lipinski definition) is 1. The lowest BCUT2D eigenvalue weighted by Crippen LogP contribution is -2.31. The van der Waals surface area contributed by atoms with Crippen molar-refractivity contribution in [1.29, 1.82) is 5.26 Å². The maximum atomic E-state index is 14.1. The molecule has 3 rings (SSSR count). The van der Waals surface area contributed by atoms with Gasteiger partial charge in [0.25, 0.3) is 5.91 Å². The SMILES string of the molecule is CCN(Cc1ccc(C#N)cc1F)C(=O)c1[nH]c2ccccc2c1Cl. The van der Waals surface area contributed by atoms with Crippen LogP contribution in [0.15, 0.2) is 42.5 Å². The summed E-state index contributed by atoms with van der Waals surface area (Å²) in [5.74, 6) is -0.805. The predicted octanol–water partition coefficient (Wildman–Crippen LogP) is 4.49. The molecule has 0 spiro atoms. The molecule has 0 aliphatic carbocycles. The first kappa shape index (κ1) is 17.0. The Morgan fingerprint density at radius 1 is 1.32 bits per heavy atom. The highest BCUT2D eigenvalue weighted by molar-refractivity contribution is 6.38. The Labute approximate surface area is 149 Å². The number of carbonyl (C=O) groups excluding carboxylic acids is 1. The molecular weight excluding hydrogens is 341 g/mol. The zero-order chi connectivity index (χ0) is 18.0. The summed E-state index contributed by atoms with van der Waals surface area (Å²) in [7, 11) is 0. The van der Waals surface area contributed by atoms with E-state index in [2.05, 4.69) is 4.98 Å². The molecule has 0 unspecified atom stereocenters. The molecule has 1 N–H and O–H groups in total. The summed E-state index contributed by atoms with van der Waals surface area (Å²) in [6.07, 6.45) is 0. The largest absolute Gasteiger partial charge is 0.349 e. The second-order valence-corrected chi connectivity index (χ2v) is 5.97. The molecule has 0 radical (unpaired) electrons. The Hall–Kier alpha value is -2.84. The smallest absolute Gasteiger partial charge is 0.272 e. The zero-order valence-electron chi connectivity index (χ0n) is 13.5. The maximum absolute atomic E-state index is 14.1. The second kappa shape index (κ2) is 6.96. The van der Waals surface area contributed by atoms with Gasteiger partial charge in [0.05, 0.1) is 16.7 Å². The predicted molar refractivity (Wildman–Crippen MR) is 94.8 cm³/mol. The molecule has 126 valence electrons. The first-order chi connectivity index (χ1) is 12.0. The molecule has 2 aromatic carbocycles. The average Bonchev–Trinajstić information content (AvgIpc) is 2.97. The van der Waals surface area contributed by atoms with Gasteiger partial charge in [-0.05, 0) is 25.1 Å². The Morgan fingerprint density at radius 3 is 2.72 bits per heavy atom. The number of nitrogens with one attached hydrogen (secondary N) is 1. The van der Waals surface area contributed by atoms with Crippen LogP contribution in [0.3, 0.4) is 0 Å². The Morgan fingerprint density at radius 2 is 2.08 bits per heavy atom. The van der Waals surface area contributed by atoms with Crippen molar-refractivity contribution in [3.8, 4) is 6.07 Å². The molecule has 0 aliphatic rings. The topological polar surface area (TPSA) is 59.9 Å². The van der Waals surface area contributed by atoms with Crippen LogP contribution in [0.5, 0.6) is 0 Å². The number of hydrogen-bond acceptors (Lipinski definition) is 2. The Balaban J connectivity index is 1.91. The molecule has 1 heterocycles. The third kappa shape index (κ3) is 3.21. The van der Waals surface area contributed by atoms with Gasteiger partial charge in [0.1, 0.15) is 11.5 Å². The highest BCUT2D eigenvalue weighted by Crippen LogP contribution is 2.28. The molecule has 25 heavy (non-hydrogen) atoms. The summed E-state index contributed by atoms with van der Waals surface area (Å²) in [6, 6.07) is 13.5. The lowest BCUT2D eigenvalue weighted by molar-refractivity contribution is 0.0746. The van der Waals surface area contributed by atoms with E-state index in [1.54, 1.807) is 0 Å². The Bertz CT molecular complexity index is 990. The fourth-order valence-corrected chi connectivity index (χ4v) is 2.98. The van der Waals surface area contributed by atoms with Crippen LogP contribution < -0.4 is 0 Å². The van der Waals surface area contributed by atoms with Gasteiger partial charge in [0.15, 0.2) is 0 Å². The van der Waals surface area contributed by atoms with Crippen molar-refractivity contribution in [2.75, 3.05) is 6.54 Å². The summed E-state index contributed by atoms with van der Waals surface area (Å²) in [6.45, 7) is 2.30. The van der Waals surface area contributed by atoms with Crippen molar-refractivity contribution in [2.24, 2.45) is 0 Å². The van der Waals surface area contributed by atoms with E-state index in [1.165, 1.54) is 23.1 Å². The molecule has 0 fully saturated rings. The monoisotopic (exact) mass is 355 g/mol. The van der Waals surface area contributed by atoms with Crippen LogP contribution in [-0.2, 0) is 6.54 Å². The number of nitrogens with zero attached hydrogens (tertiary/aromatic N) is 2. The number of fused-ring (bicyclic) bond motifs is 1. The third-order valence-corrected chi connectivity index (χ3v) is 4.46. The van der Waals surface area contributed by atoms with Gasteiger partial charge in [-0.1, -0.05) is 35.9 Å². The molecule has 0 aliphatic heterocycles. The summed E-state index contributed by atoms with van der Waals surface area (Å²) in [5, 5.41) is 9.95. The molecular formula is C19H15ClFN3O. The van der Waals surface area contributed by atoms with Gasteiger partial charge in [-0.2, -0.15) is 5.26 Å². The van der Waals surface area contributed by atoms with Gasteiger partial charge >= 0.3 is 0 Å². The van der Waals surface area contributed by atoms with E-state index in [0.717, 1.165) is 10.9 Å². The van der Waals surface area contributed by atoms with Gasteiger partial charge < -0.3 is 9.88 Å². The molecule has 0 saturated carbocycles. The standard InChI is InChI=1S/C19H15ClFN3O/c1-2-24(11-13-8-7-12(10-22)9-15(13)21)19(25)18-17(20)14-5-3-4-6-16(14)23-18/h3-9,23H,2,11H2,1H3. The van der Waals surface area contributed by atoms with Crippen LogP contribution in [0, 0.1) is 17.1 Å². The highest BCUT2D eigenvalue weighted by atomic mass is 35.5. The highest BCUT2D eigenvalue weighted by Gasteiger charge is 2.22. The van der Waals surface area contributed by atoms with E-state index < -0.39 is 5.82 Å². The van der Waals surface area contributed by atoms with Crippen molar-refractivity contribution in [3.63, 3.8) is 0 Å². The number of aromatic nitrogens is 1. The molecule has 0 saturated heterocycles. The van der Waals surface area contributed by atoms with Crippen LogP contribution in [0.1, 0.15) is 28.5 Å². The minimum Gasteiger partial charge on any atom is -0.349 e. The van der Waals surface area contributed by atoms with E-state index in [4.69, 9.17) is 16.9 Å². The summed E-state index contributed by atoms with van der Waals surface area (Å²) < 4.78 is 14.1. The molecule has 1 aromatic heterocycles. The van der Waals surface area contributed by atoms with Gasteiger partial charge in [-0.25, -0.2) is 4.39 Å². The second-order valence-electron chi connectivity index (χ2n) is 5.60. The molecule has 6 heteroatoms. The molecule has 0 bridgehead atoms. The summed E-state index contributed by atoms with van der Waals surface area (Å²) >= 11 is 6.34. The Kier molecular flexibility index (Phi) is 4.73. The number of aromatic amines is 1. The minimum atomic E-state index is -0.506. The van der Waals surface area contributed by atoms with Crippen molar-refractivity contribution in [2.45, 2.75) is 13.5 Å². The quantitative estimate of drug-likeness (QED) is 0.749. The number of amides is 1. The number of para-hydroxylation sites is 1. The van der Waals surface area contributed by atoms with Crippen molar-refractivity contribution < 1.29 is 9.18 Å². The van der Waals surface area contributed by atoms with E-state index in [0.29, 0.717) is 22.8 Å². The van der Waals surface area contributed by atoms with Crippen LogP contribution in [0.25, 0.3) is 10.9 Å². The van der Waals surface area contributed by atoms with Crippen molar-refractivity contribution >= 4 is 28.4 Å². The third-order valence-electron chi connectivity index (χ3n) is 4.07.